The molecule has 0 aromatic carbocycles. The molecule has 1 spiro atoms. The van der Waals surface area contributed by atoms with Crippen LogP contribution in [-0.2, 0) is 42.7 Å². The van der Waals surface area contributed by atoms with Gasteiger partial charge in [0.05, 0.1) is 37.1 Å². The molecule has 0 aromatic rings. The average molecular weight is 743 g/mol. The molecule has 0 aromatic heterocycles. The van der Waals surface area contributed by atoms with Gasteiger partial charge in [0.25, 0.3) is 0 Å². The third-order valence-electron chi connectivity index (χ3n) is 12.5. The Morgan fingerprint density at radius 1 is 1.00 bits per heavy atom. The van der Waals surface area contributed by atoms with E-state index in [1.165, 1.54) is 0 Å². The van der Waals surface area contributed by atoms with E-state index in [1.54, 1.807) is 20.3 Å². The molecule has 53 heavy (non-hydrogen) atoms. The molecule has 1 aliphatic carbocycles. The number of fused-ring (bicyclic) bond motifs is 2. The zero-order valence-electron chi connectivity index (χ0n) is 32.9. The van der Waals surface area contributed by atoms with E-state index < -0.39 is 72.3 Å². The normalized spacial score (nSPS) is 48.1. The van der Waals surface area contributed by atoms with Crippen LogP contribution in [0.5, 0.6) is 0 Å². The summed E-state index contributed by atoms with van der Waals surface area (Å²) in [6.07, 6.45) is 11.6. The first-order valence-corrected chi connectivity index (χ1v) is 19.6. The Kier molecular flexibility index (Phi) is 12.6. The number of aliphatic hydroxyl groups excluding tert-OH is 1. The van der Waals surface area contributed by atoms with Crippen molar-refractivity contribution in [2.75, 3.05) is 20.8 Å². The van der Waals surface area contributed by atoms with Crippen LogP contribution < -0.4 is 0 Å². The van der Waals surface area contributed by atoms with Crippen molar-refractivity contribution in [1.82, 2.24) is 0 Å². The molecule has 5 aliphatic heterocycles. The zero-order valence-corrected chi connectivity index (χ0v) is 32.9. The van der Waals surface area contributed by atoms with Crippen LogP contribution in [0.4, 0.5) is 0 Å². The van der Waals surface area contributed by atoms with Crippen molar-refractivity contribution in [3.05, 3.63) is 59.3 Å². The summed E-state index contributed by atoms with van der Waals surface area (Å²) in [6, 6.07) is 0. The van der Waals surface area contributed by atoms with Gasteiger partial charge in [-0.1, -0.05) is 70.6 Å². The van der Waals surface area contributed by atoms with E-state index in [1.807, 2.05) is 45.1 Å². The fourth-order valence-electron chi connectivity index (χ4n) is 9.16. The third-order valence-corrected chi connectivity index (χ3v) is 12.5. The van der Waals surface area contributed by atoms with E-state index in [0.717, 1.165) is 17.6 Å². The summed E-state index contributed by atoms with van der Waals surface area (Å²) in [5, 5.41) is 23.2. The van der Waals surface area contributed by atoms with Crippen molar-refractivity contribution >= 4 is 5.97 Å². The van der Waals surface area contributed by atoms with E-state index in [2.05, 4.69) is 39.8 Å². The molecule has 0 saturated carbocycles. The molecule has 6 aliphatic rings. The topological polar surface area (TPSA) is 131 Å². The van der Waals surface area contributed by atoms with Gasteiger partial charge in [-0.15, -0.1) is 0 Å². The molecule has 6 rings (SSSR count). The molecule has 0 amide bonds. The van der Waals surface area contributed by atoms with Gasteiger partial charge in [0, 0.05) is 45.3 Å². The second-order valence-electron chi connectivity index (χ2n) is 16.3. The van der Waals surface area contributed by atoms with Crippen LogP contribution in [0, 0.1) is 23.7 Å². The number of rotatable bonds is 6. The van der Waals surface area contributed by atoms with Crippen molar-refractivity contribution < 1.29 is 52.9 Å². The van der Waals surface area contributed by atoms with Gasteiger partial charge in [-0.05, 0) is 55.9 Å². The summed E-state index contributed by atoms with van der Waals surface area (Å²) in [5.74, 6) is -2.23. The van der Waals surface area contributed by atoms with Crippen molar-refractivity contribution in [3.8, 4) is 0 Å². The van der Waals surface area contributed by atoms with Crippen LogP contribution in [0.15, 0.2) is 59.3 Å². The van der Waals surface area contributed by atoms with Crippen LogP contribution in [0.25, 0.3) is 0 Å². The Labute approximate surface area is 315 Å². The molecule has 11 heteroatoms. The number of carbonyl (C=O) groups excluding carboxylic acids is 1. The van der Waals surface area contributed by atoms with Crippen molar-refractivity contribution in [1.29, 1.82) is 0 Å². The van der Waals surface area contributed by atoms with Crippen LogP contribution in [-0.4, -0.2) is 110 Å². The second kappa shape index (κ2) is 16.5. The fourth-order valence-corrected chi connectivity index (χ4v) is 9.16. The van der Waals surface area contributed by atoms with E-state index in [4.69, 9.17) is 37.9 Å². The fraction of sp³-hybridized carbons (Fsp3) is 0.738. The Bertz CT molecular complexity index is 1470. The van der Waals surface area contributed by atoms with Gasteiger partial charge >= 0.3 is 5.97 Å². The lowest BCUT2D eigenvalue weighted by Gasteiger charge is -2.48. The summed E-state index contributed by atoms with van der Waals surface area (Å²) in [6.45, 7) is 14.5. The molecule has 2 N–H and O–H groups in total. The number of ether oxygens (including phenoxy) is 8. The maximum Gasteiger partial charge on any atom is 0.316 e. The first-order valence-electron chi connectivity index (χ1n) is 19.6. The van der Waals surface area contributed by atoms with Gasteiger partial charge in [-0.2, -0.15) is 0 Å². The SMILES string of the molecule is CCC(C)[C@H]1O[C@]2(C=C[C@@H]1C)C[C@@H]1C[C@@H](C/C=C(\C)[C@@H](O[C@H]3C[C@H](OC)[C@@H](O)[C@H](C)O3)[C@@H](C)/C=C/C=C3\CO[C@@H]4[C@H](OC)C(C)=C[C@@H](C(=O)O1)[C@]34O)O2. The third kappa shape index (κ3) is 8.07. The summed E-state index contributed by atoms with van der Waals surface area (Å²) in [4.78, 5) is 14.3. The monoisotopic (exact) mass is 742 g/mol. The number of carbonyl (C=O) groups is 1. The molecule has 1 unspecified atom stereocenters. The Hall–Kier alpha value is -2.19. The highest BCUT2D eigenvalue weighted by Crippen LogP contribution is 2.47. The number of hydrogen-bond acceptors (Lipinski definition) is 11. The predicted octanol–water partition coefficient (Wildman–Crippen LogP) is 5.50. The van der Waals surface area contributed by atoms with Crippen molar-refractivity contribution in [2.45, 2.75) is 153 Å². The molecule has 0 radical (unpaired) electrons. The molecule has 3 saturated heterocycles. The highest BCUT2D eigenvalue weighted by atomic mass is 16.7. The van der Waals surface area contributed by atoms with E-state index >= 15 is 0 Å². The smallest absolute Gasteiger partial charge is 0.316 e. The van der Waals surface area contributed by atoms with Crippen molar-refractivity contribution in [3.63, 3.8) is 0 Å². The molecule has 5 heterocycles. The molecular weight excluding hydrogens is 680 g/mol. The Balaban J connectivity index is 1.39. The highest BCUT2D eigenvalue weighted by molar-refractivity contribution is 5.78. The molecular formula is C42H62O11. The lowest BCUT2D eigenvalue weighted by atomic mass is 9.70. The zero-order chi connectivity index (χ0) is 38.2. The lowest BCUT2D eigenvalue weighted by Crippen LogP contribution is -2.58. The largest absolute Gasteiger partial charge is 0.462 e. The van der Waals surface area contributed by atoms with Gasteiger partial charge < -0.3 is 48.1 Å². The minimum Gasteiger partial charge on any atom is -0.462 e. The van der Waals surface area contributed by atoms with Crippen molar-refractivity contribution in [2.24, 2.45) is 23.7 Å². The number of allylic oxidation sites excluding steroid dienone is 2. The van der Waals surface area contributed by atoms with Crippen LogP contribution in [0.2, 0.25) is 0 Å². The minimum atomic E-state index is -1.68. The van der Waals surface area contributed by atoms with Gasteiger partial charge in [0.2, 0.25) is 0 Å². The van der Waals surface area contributed by atoms with Crippen LogP contribution in [0.1, 0.15) is 80.6 Å². The highest BCUT2D eigenvalue weighted by Gasteiger charge is 2.60. The first-order chi connectivity index (χ1) is 25.2. The van der Waals surface area contributed by atoms with E-state index in [-0.39, 0.29) is 30.7 Å². The minimum absolute atomic E-state index is 0.0623. The van der Waals surface area contributed by atoms with Crippen LogP contribution in [0.3, 0.4) is 0 Å². The number of aliphatic hydroxyl groups is 2. The van der Waals surface area contributed by atoms with Gasteiger partial charge in [0.1, 0.15) is 35.9 Å². The number of methoxy groups -OCH3 is 2. The molecule has 2 bridgehead atoms. The predicted molar refractivity (Wildman–Crippen MR) is 197 cm³/mol. The van der Waals surface area contributed by atoms with E-state index in [0.29, 0.717) is 37.2 Å². The summed E-state index contributed by atoms with van der Waals surface area (Å²) in [5.41, 5.74) is 0.676. The Morgan fingerprint density at radius 2 is 1.77 bits per heavy atom. The molecule has 16 atom stereocenters. The second-order valence-corrected chi connectivity index (χ2v) is 16.3. The standard InChI is InChI=1S/C42H62O11/c1-10-23(2)37-26(5)16-17-41(53-37)21-31-19-30(52-41)15-14-25(4)36(51-34-20-33(46-8)35(43)28(7)49-34)24(3)12-11-13-29-22-48-39-38(47-9)27(6)18-32(40(44)50-31)42(29,39)45/h11-14,16-18,23-24,26,28,30-39,43,45H,10,15,19-22H2,1-9H3/b12-11+,25-14+,29-13+/t23?,24-,26-,28-,30+,31-,32-,33-,34-,35-,36-,37+,38+,39+,41+,42+/m0/s1. The average Bonchev–Trinajstić information content (AvgIpc) is 3.46. The van der Waals surface area contributed by atoms with Gasteiger partial charge in [-0.3, -0.25) is 4.79 Å². The van der Waals surface area contributed by atoms with Crippen LogP contribution >= 0.6 is 0 Å². The molecule has 3 fully saturated rings. The maximum atomic E-state index is 14.3. The lowest BCUT2D eigenvalue weighted by molar-refractivity contribution is -0.300. The first kappa shape index (κ1) is 40.5. The molecule has 11 nitrogen and oxygen atoms in total. The van der Waals surface area contributed by atoms with Gasteiger partial charge in [-0.25, -0.2) is 0 Å². The summed E-state index contributed by atoms with van der Waals surface area (Å²) >= 11 is 0. The number of hydrogen-bond donors (Lipinski definition) is 2. The van der Waals surface area contributed by atoms with E-state index in [9.17, 15) is 15.0 Å². The summed E-state index contributed by atoms with van der Waals surface area (Å²) < 4.78 is 50.6. The maximum absolute atomic E-state index is 14.3. The Morgan fingerprint density at radius 3 is 2.49 bits per heavy atom. The molecule has 296 valence electrons. The quantitative estimate of drug-likeness (QED) is 0.265. The number of esters is 1. The summed E-state index contributed by atoms with van der Waals surface area (Å²) in [7, 11) is 3.17. The van der Waals surface area contributed by atoms with Gasteiger partial charge in [0.15, 0.2) is 12.1 Å².